The summed E-state index contributed by atoms with van der Waals surface area (Å²) in [6, 6.07) is 0.0114. The van der Waals surface area contributed by atoms with Gasteiger partial charge in [0.05, 0.1) is 0 Å². The Morgan fingerprint density at radius 1 is 1.04 bits per heavy atom. The molecule has 4 saturated carbocycles. The van der Waals surface area contributed by atoms with Crippen LogP contribution in [0.15, 0.2) is 0 Å². The highest BCUT2D eigenvalue weighted by atomic mass is 16.2. The second-order valence-electron chi connectivity index (χ2n) is 8.20. The van der Waals surface area contributed by atoms with Crippen LogP contribution in [0.5, 0.6) is 0 Å². The molecule has 0 aromatic carbocycles. The zero-order chi connectivity index (χ0) is 16.8. The van der Waals surface area contributed by atoms with Gasteiger partial charge >= 0.3 is 6.03 Å². The molecule has 2 N–H and O–H groups in total. The molecule has 5 fully saturated rings. The number of piperidine rings is 1. The van der Waals surface area contributed by atoms with E-state index < -0.39 is 0 Å². The maximum Gasteiger partial charge on any atom is 0.315 e. The van der Waals surface area contributed by atoms with E-state index in [0.29, 0.717) is 30.7 Å². The Hall–Kier alpha value is -1.59. The highest BCUT2D eigenvalue weighted by molar-refractivity contribution is 5.87. The Bertz CT molecular complexity index is 556. The number of likely N-dealkylation sites (tertiary alicyclic amines) is 1. The Balaban J connectivity index is 1.31. The number of hydrogen-bond donors (Lipinski definition) is 2. The third kappa shape index (κ3) is 2.80. The lowest BCUT2D eigenvalue weighted by atomic mass is 9.53. The van der Waals surface area contributed by atoms with Gasteiger partial charge in [0.15, 0.2) is 0 Å². The van der Waals surface area contributed by atoms with Crippen LogP contribution in [0.1, 0.15) is 45.4 Å². The first-order valence-electron chi connectivity index (χ1n) is 9.37. The average molecular weight is 333 g/mol. The molecule has 0 spiro atoms. The van der Waals surface area contributed by atoms with E-state index in [1.807, 2.05) is 4.90 Å². The lowest BCUT2D eigenvalue weighted by Crippen LogP contribution is -2.62. The molecule has 132 valence electrons. The number of urea groups is 1. The quantitative estimate of drug-likeness (QED) is 0.799. The molecule has 4 bridgehead atoms. The monoisotopic (exact) mass is 333 g/mol. The van der Waals surface area contributed by atoms with E-state index in [0.717, 1.165) is 32.1 Å². The molecular formula is C18H27N3O3. The fourth-order valence-corrected chi connectivity index (χ4v) is 5.57. The van der Waals surface area contributed by atoms with Crippen molar-refractivity contribution in [3.8, 4) is 0 Å². The molecule has 4 aliphatic carbocycles. The summed E-state index contributed by atoms with van der Waals surface area (Å²) >= 11 is 0. The maximum absolute atomic E-state index is 12.4. The van der Waals surface area contributed by atoms with Gasteiger partial charge in [-0.1, -0.05) is 0 Å². The first-order chi connectivity index (χ1) is 11.5. The summed E-state index contributed by atoms with van der Waals surface area (Å²) in [4.78, 5) is 38.0. The number of carbonyl (C=O) groups is 3. The molecule has 3 amide bonds. The van der Waals surface area contributed by atoms with Crippen molar-refractivity contribution in [1.82, 2.24) is 15.5 Å². The number of amides is 3. The normalized spacial score (nSPS) is 38.3. The van der Waals surface area contributed by atoms with Crippen LogP contribution >= 0.6 is 0 Å². The predicted molar refractivity (Wildman–Crippen MR) is 88.2 cm³/mol. The van der Waals surface area contributed by atoms with Gasteiger partial charge < -0.3 is 15.5 Å². The predicted octanol–water partition coefficient (Wildman–Crippen LogP) is 1.30. The molecule has 0 aromatic rings. The number of nitrogens with one attached hydrogen (secondary N) is 2. The number of nitrogens with zero attached hydrogens (tertiary/aromatic N) is 1. The molecule has 1 aliphatic heterocycles. The average Bonchev–Trinajstić information content (AvgIpc) is 2.55. The van der Waals surface area contributed by atoms with Gasteiger partial charge in [0.2, 0.25) is 5.91 Å². The minimum atomic E-state index is -0.137. The molecule has 0 radical (unpaired) electrons. The number of rotatable bonds is 2. The van der Waals surface area contributed by atoms with Crippen LogP contribution < -0.4 is 10.6 Å². The summed E-state index contributed by atoms with van der Waals surface area (Å²) in [6.07, 6.45) is 5.78. The summed E-state index contributed by atoms with van der Waals surface area (Å²) in [7, 11) is 0. The van der Waals surface area contributed by atoms with Gasteiger partial charge in [0.1, 0.15) is 5.78 Å². The maximum atomic E-state index is 12.4. The second-order valence-corrected chi connectivity index (χ2v) is 8.20. The zero-order valence-corrected chi connectivity index (χ0v) is 14.3. The molecule has 5 aliphatic rings. The summed E-state index contributed by atoms with van der Waals surface area (Å²) in [5.74, 6) is 1.99. The summed E-state index contributed by atoms with van der Waals surface area (Å²) < 4.78 is 0. The number of carbonyl (C=O) groups excluding carboxylic acids is 3. The highest BCUT2D eigenvalue weighted by Crippen LogP contribution is 2.51. The van der Waals surface area contributed by atoms with Crippen molar-refractivity contribution in [3.05, 3.63) is 0 Å². The number of ketones is 1. The van der Waals surface area contributed by atoms with Crippen LogP contribution in [0, 0.1) is 23.7 Å². The van der Waals surface area contributed by atoms with Crippen molar-refractivity contribution in [2.45, 2.75) is 57.5 Å². The van der Waals surface area contributed by atoms with Gasteiger partial charge in [-0.3, -0.25) is 9.59 Å². The Morgan fingerprint density at radius 2 is 1.79 bits per heavy atom. The van der Waals surface area contributed by atoms with E-state index in [1.165, 1.54) is 6.42 Å². The van der Waals surface area contributed by atoms with Gasteiger partial charge in [0.25, 0.3) is 0 Å². The zero-order valence-electron chi connectivity index (χ0n) is 14.3. The first kappa shape index (κ1) is 15.9. The van der Waals surface area contributed by atoms with Crippen molar-refractivity contribution in [2.24, 2.45) is 23.7 Å². The molecule has 6 nitrogen and oxygen atoms in total. The molecule has 5 unspecified atom stereocenters. The van der Waals surface area contributed by atoms with Crippen molar-refractivity contribution in [3.63, 3.8) is 0 Å². The van der Waals surface area contributed by atoms with Crippen molar-refractivity contribution >= 4 is 17.7 Å². The lowest BCUT2D eigenvalue weighted by Gasteiger charge is -2.53. The van der Waals surface area contributed by atoms with Gasteiger partial charge in [-0.2, -0.15) is 0 Å². The van der Waals surface area contributed by atoms with E-state index in [4.69, 9.17) is 0 Å². The Kier molecular flexibility index (Phi) is 4.01. The Labute approximate surface area is 142 Å². The van der Waals surface area contributed by atoms with Gasteiger partial charge in [-0.15, -0.1) is 0 Å². The fourth-order valence-electron chi connectivity index (χ4n) is 5.57. The van der Waals surface area contributed by atoms with Crippen LogP contribution in [0.4, 0.5) is 4.79 Å². The van der Waals surface area contributed by atoms with Crippen LogP contribution in [0.2, 0.25) is 0 Å². The van der Waals surface area contributed by atoms with E-state index in [2.05, 4.69) is 10.6 Å². The first-order valence-corrected chi connectivity index (χ1v) is 9.37. The molecule has 0 aromatic heterocycles. The molecule has 1 heterocycles. The number of hydrogen-bond acceptors (Lipinski definition) is 3. The molecule has 6 heteroatoms. The fraction of sp³-hybridized carbons (Fsp3) is 0.833. The van der Waals surface area contributed by atoms with Crippen molar-refractivity contribution < 1.29 is 14.4 Å². The minimum absolute atomic E-state index is 0.0302. The van der Waals surface area contributed by atoms with E-state index in [9.17, 15) is 14.4 Å². The molecule has 24 heavy (non-hydrogen) atoms. The van der Waals surface area contributed by atoms with E-state index in [1.54, 1.807) is 6.92 Å². The van der Waals surface area contributed by atoms with Crippen LogP contribution in [0.3, 0.4) is 0 Å². The van der Waals surface area contributed by atoms with Gasteiger partial charge in [-0.05, 0) is 50.4 Å². The van der Waals surface area contributed by atoms with Gasteiger partial charge in [-0.25, -0.2) is 4.79 Å². The third-order valence-corrected chi connectivity index (χ3v) is 6.71. The largest absolute Gasteiger partial charge is 0.343 e. The topological polar surface area (TPSA) is 78.5 Å². The summed E-state index contributed by atoms with van der Waals surface area (Å²) in [5.41, 5.74) is 0. The molecule has 5 rings (SSSR count). The van der Waals surface area contributed by atoms with Crippen LogP contribution in [-0.2, 0) is 9.59 Å². The Morgan fingerprint density at radius 3 is 2.50 bits per heavy atom. The summed E-state index contributed by atoms with van der Waals surface area (Å²) in [6.45, 7) is 3.00. The SMILES string of the molecule is CC(=O)N1CCC(NC(=O)NC2C3CC4CC(C3)C(=O)C2C4)CC1. The van der Waals surface area contributed by atoms with E-state index in [-0.39, 0.29) is 35.9 Å². The van der Waals surface area contributed by atoms with Gasteiger partial charge in [0, 0.05) is 43.9 Å². The molecule has 1 saturated heterocycles. The van der Waals surface area contributed by atoms with E-state index >= 15 is 0 Å². The second kappa shape index (κ2) is 6.05. The van der Waals surface area contributed by atoms with Crippen LogP contribution in [-0.4, -0.2) is 47.8 Å². The summed E-state index contributed by atoms with van der Waals surface area (Å²) in [5, 5.41) is 6.18. The highest BCUT2D eigenvalue weighted by Gasteiger charge is 2.53. The molecular weight excluding hydrogens is 306 g/mol. The lowest BCUT2D eigenvalue weighted by molar-refractivity contribution is -0.142. The number of Topliss-reactive ketones (excluding diaryl/α,β-unsaturated/α-hetero) is 1. The smallest absolute Gasteiger partial charge is 0.315 e. The third-order valence-electron chi connectivity index (χ3n) is 6.71. The standard InChI is InChI=1S/C18H27N3O3/c1-10(22)21-4-2-14(3-5-21)19-18(24)20-16-12-6-11-7-13(9-12)17(23)15(16)8-11/h11-16H,2-9H2,1H3,(H2,19,20,24). The minimum Gasteiger partial charge on any atom is -0.343 e. The molecule has 5 atom stereocenters. The van der Waals surface area contributed by atoms with Crippen molar-refractivity contribution in [1.29, 1.82) is 0 Å². The van der Waals surface area contributed by atoms with Crippen molar-refractivity contribution in [2.75, 3.05) is 13.1 Å². The van der Waals surface area contributed by atoms with Crippen LogP contribution in [0.25, 0.3) is 0 Å².